The van der Waals surface area contributed by atoms with Gasteiger partial charge in [-0.2, -0.15) is 0 Å². The summed E-state index contributed by atoms with van der Waals surface area (Å²) in [5.74, 6) is 0.970. The molecular weight excluding hydrogens is 292 g/mol. The number of rotatable bonds is 2. The quantitative estimate of drug-likeness (QED) is 0.927. The van der Waals surface area contributed by atoms with Crippen molar-refractivity contribution in [3.05, 3.63) is 29.0 Å². The van der Waals surface area contributed by atoms with Crippen molar-refractivity contribution in [2.45, 2.75) is 38.8 Å². The summed E-state index contributed by atoms with van der Waals surface area (Å²) < 4.78 is 11.2. The van der Waals surface area contributed by atoms with Crippen molar-refractivity contribution in [1.82, 2.24) is 9.88 Å². The SMILES string of the molecule is COc1ccc2[nH]c(C)c3c2c1CN(C(=O)C1CCCO1)CC3. The first kappa shape index (κ1) is 14.6. The van der Waals surface area contributed by atoms with Crippen LogP contribution in [-0.2, 0) is 22.5 Å². The molecule has 1 N–H and O–H groups in total. The van der Waals surface area contributed by atoms with Crippen LogP contribution in [0.4, 0.5) is 0 Å². The van der Waals surface area contributed by atoms with Crippen LogP contribution in [0.1, 0.15) is 29.7 Å². The fourth-order valence-corrected chi connectivity index (χ4v) is 3.88. The first-order valence-corrected chi connectivity index (χ1v) is 8.26. The van der Waals surface area contributed by atoms with Crippen LogP contribution in [-0.4, -0.2) is 42.2 Å². The number of benzene rings is 1. The van der Waals surface area contributed by atoms with Gasteiger partial charge in [0.15, 0.2) is 0 Å². The lowest BCUT2D eigenvalue weighted by Gasteiger charge is -2.24. The average molecular weight is 314 g/mol. The van der Waals surface area contributed by atoms with E-state index < -0.39 is 0 Å². The maximum atomic E-state index is 12.8. The van der Waals surface area contributed by atoms with Gasteiger partial charge in [0.1, 0.15) is 11.9 Å². The number of hydrogen-bond acceptors (Lipinski definition) is 3. The van der Waals surface area contributed by atoms with Crippen molar-refractivity contribution in [2.75, 3.05) is 20.3 Å². The van der Waals surface area contributed by atoms with E-state index in [-0.39, 0.29) is 12.0 Å². The molecule has 0 spiro atoms. The zero-order valence-electron chi connectivity index (χ0n) is 13.6. The van der Waals surface area contributed by atoms with Crippen molar-refractivity contribution in [2.24, 2.45) is 0 Å². The van der Waals surface area contributed by atoms with Gasteiger partial charge in [-0.05, 0) is 43.9 Å². The summed E-state index contributed by atoms with van der Waals surface area (Å²) in [6, 6.07) is 4.04. The topological polar surface area (TPSA) is 54.6 Å². The predicted molar refractivity (Wildman–Crippen MR) is 87.7 cm³/mol. The molecule has 0 saturated carbocycles. The Morgan fingerprint density at radius 2 is 2.26 bits per heavy atom. The molecule has 0 bridgehead atoms. The van der Waals surface area contributed by atoms with Crippen LogP contribution in [0.15, 0.2) is 12.1 Å². The second kappa shape index (κ2) is 5.57. The molecular formula is C18H22N2O3. The maximum absolute atomic E-state index is 12.8. The molecule has 0 radical (unpaired) electrons. The molecule has 122 valence electrons. The van der Waals surface area contributed by atoms with Gasteiger partial charge in [-0.3, -0.25) is 4.79 Å². The van der Waals surface area contributed by atoms with Crippen molar-refractivity contribution in [3.63, 3.8) is 0 Å². The number of carbonyl (C=O) groups is 1. The van der Waals surface area contributed by atoms with E-state index in [1.165, 1.54) is 16.6 Å². The molecule has 1 aromatic carbocycles. The molecule has 4 rings (SSSR count). The van der Waals surface area contributed by atoms with Crippen LogP contribution in [0, 0.1) is 6.92 Å². The second-order valence-electron chi connectivity index (χ2n) is 6.41. The third-order valence-corrected chi connectivity index (χ3v) is 5.06. The van der Waals surface area contributed by atoms with Crippen LogP contribution >= 0.6 is 0 Å². The molecule has 3 heterocycles. The van der Waals surface area contributed by atoms with Crippen LogP contribution < -0.4 is 4.74 Å². The first-order chi connectivity index (χ1) is 11.2. The van der Waals surface area contributed by atoms with E-state index in [1.807, 2.05) is 11.0 Å². The Hall–Kier alpha value is -2.01. The Balaban J connectivity index is 1.76. The van der Waals surface area contributed by atoms with Crippen molar-refractivity contribution >= 4 is 16.8 Å². The summed E-state index contributed by atoms with van der Waals surface area (Å²) in [7, 11) is 1.69. The summed E-state index contributed by atoms with van der Waals surface area (Å²) in [4.78, 5) is 18.2. The van der Waals surface area contributed by atoms with Gasteiger partial charge < -0.3 is 19.4 Å². The third-order valence-electron chi connectivity index (χ3n) is 5.06. The van der Waals surface area contributed by atoms with Crippen LogP contribution in [0.5, 0.6) is 5.75 Å². The Bertz CT molecular complexity index is 759. The van der Waals surface area contributed by atoms with E-state index in [1.54, 1.807) is 7.11 Å². The highest BCUT2D eigenvalue weighted by atomic mass is 16.5. The molecule has 1 saturated heterocycles. The Labute approximate surface area is 135 Å². The van der Waals surface area contributed by atoms with Gasteiger partial charge in [0.25, 0.3) is 5.91 Å². The van der Waals surface area contributed by atoms with Gasteiger partial charge >= 0.3 is 0 Å². The molecule has 1 aromatic heterocycles. The molecule has 2 aromatic rings. The van der Waals surface area contributed by atoms with Crippen LogP contribution in [0.25, 0.3) is 10.9 Å². The largest absolute Gasteiger partial charge is 0.496 e. The van der Waals surface area contributed by atoms with E-state index >= 15 is 0 Å². The highest BCUT2D eigenvalue weighted by Crippen LogP contribution is 2.36. The number of amides is 1. The number of ether oxygens (including phenoxy) is 2. The van der Waals surface area contributed by atoms with Crippen molar-refractivity contribution in [1.29, 1.82) is 0 Å². The van der Waals surface area contributed by atoms with Crippen molar-refractivity contribution < 1.29 is 14.3 Å². The lowest BCUT2D eigenvalue weighted by molar-refractivity contribution is -0.141. The highest BCUT2D eigenvalue weighted by Gasteiger charge is 2.31. The lowest BCUT2D eigenvalue weighted by atomic mass is 10.0. The minimum Gasteiger partial charge on any atom is -0.496 e. The minimum atomic E-state index is -0.264. The fourth-order valence-electron chi connectivity index (χ4n) is 3.88. The number of hydrogen-bond donors (Lipinski definition) is 1. The molecule has 2 aliphatic rings. The zero-order chi connectivity index (χ0) is 16.0. The van der Waals surface area contributed by atoms with E-state index in [9.17, 15) is 4.79 Å². The number of nitrogens with one attached hydrogen (secondary N) is 1. The smallest absolute Gasteiger partial charge is 0.252 e. The summed E-state index contributed by atoms with van der Waals surface area (Å²) in [6.07, 6.45) is 2.41. The lowest BCUT2D eigenvalue weighted by Crippen LogP contribution is -2.39. The Kier molecular flexibility index (Phi) is 3.53. The number of nitrogens with zero attached hydrogens (tertiary/aromatic N) is 1. The van der Waals surface area contributed by atoms with Gasteiger partial charge in [0.2, 0.25) is 0 Å². The molecule has 5 nitrogen and oxygen atoms in total. The summed E-state index contributed by atoms with van der Waals surface area (Å²) >= 11 is 0. The zero-order valence-corrected chi connectivity index (χ0v) is 13.6. The van der Waals surface area contributed by atoms with E-state index in [4.69, 9.17) is 9.47 Å². The van der Waals surface area contributed by atoms with Gasteiger partial charge in [0.05, 0.1) is 13.7 Å². The normalized spacial score (nSPS) is 20.8. The van der Waals surface area contributed by atoms with E-state index in [2.05, 4.69) is 18.0 Å². The minimum absolute atomic E-state index is 0.119. The molecule has 1 unspecified atom stereocenters. The van der Waals surface area contributed by atoms with Gasteiger partial charge in [-0.25, -0.2) is 0 Å². The molecule has 2 aliphatic heterocycles. The standard InChI is InChI=1S/C18H22N2O3/c1-11-12-7-8-20(18(21)16-4-3-9-23-16)10-13-15(22-2)6-5-14(19-11)17(12)13/h5-6,16,19H,3-4,7-10H2,1-2H3. The van der Waals surface area contributed by atoms with E-state index in [0.29, 0.717) is 13.2 Å². The first-order valence-electron chi connectivity index (χ1n) is 8.26. The number of aromatic amines is 1. The monoisotopic (exact) mass is 314 g/mol. The molecule has 23 heavy (non-hydrogen) atoms. The summed E-state index contributed by atoms with van der Waals surface area (Å²) in [5, 5.41) is 1.23. The Morgan fingerprint density at radius 3 is 3.00 bits per heavy atom. The summed E-state index contributed by atoms with van der Waals surface area (Å²) in [5.41, 5.74) is 4.71. The Morgan fingerprint density at radius 1 is 1.39 bits per heavy atom. The predicted octanol–water partition coefficient (Wildman–Crippen LogP) is 2.55. The van der Waals surface area contributed by atoms with Gasteiger partial charge in [-0.1, -0.05) is 0 Å². The average Bonchev–Trinajstić information content (AvgIpc) is 3.13. The number of H-pyrrole nitrogens is 1. The molecule has 1 atom stereocenters. The molecule has 5 heteroatoms. The van der Waals surface area contributed by atoms with Crippen LogP contribution in [0.2, 0.25) is 0 Å². The molecule has 1 fully saturated rings. The highest BCUT2D eigenvalue weighted by molar-refractivity contribution is 5.91. The number of carbonyl (C=O) groups excluding carboxylic acids is 1. The summed E-state index contributed by atoms with van der Waals surface area (Å²) in [6.45, 7) is 4.11. The van der Waals surface area contributed by atoms with E-state index in [0.717, 1.165) is 42.6 Å². The molecule has 0 aliphatic carbocycles. The van der Waals surface area contributed by atoms with Crippen LogP contribution in [0.3, 0.4) is 0 Å². The van der Waals surface area contributed by atoms with Crippen molar-refractivity contribution in [3.8, 4) is 5.75 Å². The third kappa shape index (κ3) is 2.30. The second-order valence-corrected chi connectivity index (χ2v) is 6.41. The number of methoxy groups -OCH3 is 1. The van der Waals surface area contributed by atoms with Gasteiger partial charge in [0, 0.05) is 35.3 Å². The molecule has 1 amide bonds. The fraction of sp³-hybridized carbons (Fsp3) is 0.500. The number of aryl methyl sites for hydroxylation is 1. The van der Waals surface area contributed by atoms with Gasteiger partial charge in [-0.15, -0.1) is 0 Å². The maximum Gasteiger partial charge on any atom is 0.252 e. The number of aromatic nitrogens is 1.